The van der Waals surface area contributed by atoms with Crippen molar-refractivity contribution in [1.82, 2.24) is 15.5 Å². The molecule has 158 valence electrons. The van der Waals surface area contributed by atoms with E-state index in [2.05, 4.69) is 51.7 Å². The molecule has 2 N–H and O–H groups in total. The van der Waals surface area contributed by atoms with Gasteiger partial charge in [-0.2, -0.15) is 0 Å². The van der Waals surface area contributed by atoms with Gasteiger partial charge in [-0.3, -0.25) is 9.79 Å². The second kappa shape index (κ2) is 9.48. The number of fused-ring (bicyclic) bond motifs is 2. The van der Waals surface area contributed by atoms with Crippen molar-refractivity contribution >= 4 is 17.6 Å². The van der Waals surface area contributed by atoms with E-state index in [1.54, 1.807) is 0 Å². The molecule has 0 aromatic heterocycles. The first-order valence-electron chi connectivity index (χ1n) is 11.0. The summed E-state index contributed by atoms with van der Waals surface area (Å²) >= 11 is 0. The van der Waals surface area contributed by atoms with Crippen LogP contribution in [-0.4, -0.2) is 74.3 Å². The Morgan fingerprint density at radius 1 is 1.17 bits per heavy atom. The maximum Gasteiger partial charge on any atom is 0.224 e. The molecule has 29 heavy (non-hydrogen) atoms. The zero-order valence-electron chi connectivity index (χ0n) is 17.3. The molecule has 7 nitrogen and oxygen atoms in total. The Morgan fingerprint density at radius 2 is 1.97 bits per heavy atom. The van der Waals surface area contributed by atoms with E-state index in [1.165, 1.54) is 12.1 Å². The molecule has 0 radical (unpaired) electrons. The lowest BCUT2D eigenvalue weighted by Crippen LogP contribution is -2.49. The highest BCUT2D eigenvalue weighted by molar-refractivity contribution is 5.81. The highest BCUT2D eigenvalue weighted by atomic mass is 16.5. The number of nitrogens with zero attached hydrogens (tertiary/aromatic N) is 3. The standard InChI is InChI=1S/C22H33N5O2/c1-2-23-22(25-19-16-18-8-9-20(19)29-18)24-11-10-21(28)27-14-12-26(13-15-27)17-6-4-3-5-7-17/h3-7,18-20H,2,8-16H2,1H3,(H2,23,24,25). The minimum Gasteiger partial charge on any atom is -0.373 e. The second-order valence-corrected chi connectivity index (χ2v) is 8.07. The number of carbonyl (C=O) groups excluding carboxylic acids is 1. The van der Waals surface area contributed by atoms with Gasteiger partial charge < -0.3 is 25.2 Å². The number of aliphatic imine (C=N–C) groups is 1. The predicted molar refractivity (Wildman–Crippen MR) is 115 cm³/mol. The van der Waals surface area contributed by atoms with Gasteiger partial charge in [-0.15, -0.1) is 0 Å². The Labute approximate surface area is 173 Å². The van der Waals surface area contributed by atoms with Crippen molar-refractivity contribution in [2.75, 3.05) is 44.2 Å². The average Bonchev–Trinajstić information content (AvgIpc) is 3.38. The lowest BCUT2D eigenvalue weighted by atomic mass is 9.96. The molecule has 1 aromatic carbocycles. The number of hydrogen-bond donors (Lipinski definition) is 2. The number of ether oxygens (including phenoxy) is 1. The van der Waals surface area contributed by atoms with Gasteiger partial charge in [0.05, 0.1) is 24.8 Å². The quantitative estimate of drug-likeness (QED) is 0.562. The molecule has 1 amide bonds. The molecule has 1 aromatic rings. The van der Waals surface area contributed by atoms with Crippen molar-refractivity contribution in [3.8, 4) is 0 Å². The van der Waals surface area contributed by atoms with Gasteiger partial charge in [0, 0.05) is 44.8 Å². The van der Waals surface area contributed by atoms with E-state index in [1.807, 2.05) is 11.0 Å². The third kappa shape index (κ3) is 5.01. The summed E-state index contributed by atoms with van der Waals surface area (Å²) in [5.41, 5.74) is 1.23. The van der Waals surface area contributed by atoms with Gasteiger partial charge in [-0.1, -0.05) is 18.2 Å². The topological polar surface area (TPSA) is 69.2 Å². The average molecular weight is 400 g/mol. The fraction of sp³-hybridized carbons (Fsp3) is 0.636. The van der Waals surface area contributed by atoms with Crippen LogP contribution in [0.25, 0.3) is 0 Å². The molecule has 0 aliphatic carbocycles. The number of hydrogen-bond acceptors (Lipinski definition) is 4. The van der Waals surface area contributed by atoms with Crippen LogP contribution in [0.1, 0.15) is 32.6 Å². The lowest BCUT2D eigenvalue weighted by molar-refractivity contribution is -0.131. The van der Waals surface area contributed by atoms with Crippen molar-refractivity contribution in [3.05, 3.63) is 30.3 Å². The highest BCUT2D eigenvalue weighted by Crippen LogP contribution is 2.34. The largest absolute Gasteiger partial charge is 0.373 e. The molecular formula is C22H33N5O2. The number of benzene rings is 1. The number of rotatable bonds is 6. The van der Waals surface area contributed by atoms with E-state index in [0.29, 0.717) is 31.2 Å². The second-order valence-electron chi connectivity index (χ2n) is 8.07. The SMILES string of the molecule is CCNC(=NCCC(=O)N1CCN(c2ccccc2)CC1)NC1CC2CCC1O2. The van der Waals surface area contributed by atoms with Crippen LogP contribution in [0.5, 0.6) is 0 Å². The van der Waals surface area contributed by atoms with Crippen LogP contribution < -0.4 is 15.5 Å². The smallest absolute Gasteiger partial charge is 0.224 e. The molecule has 3 aliphatic heterocycles. The van der Waals surface area contributed by atoms with Crippen LogP contribution in [0, 0.1) is 0 Å². The molecular weight excluding hydrogens is 366 g/mol. The van der Waals surface area contributed by atoms with E-state index < -0.39 is 0 Å². The molecule has 3 aliphatic rings. The minimum absolute atomic E-state index is 0.195. The van der Waals surface area contributed by atoms with Crippen LogP contribution in [0.4, 0.5) is 5.69 Å². The Balaban J connectivity index is 1.22. The normalized spacial score (nSPS) is 26.7. The summed E-state index contributed by atoms with van der Waals surface area (Å²) in [6.07, 6.45) is 4.55. The van der Waals surface area contributed by atoms with Crippen LogP contribution in [0.15, 0.2) is 35.3 Å². The third-order valence-electron chi connectivity index (χ3n) is 6.12. The molecule has 3 unspecified atom stereocenters. The van der Waals surface area contributed by atoms with Gasteiger partial charge in [0.1, 0.15) is 0 Å². The minimum atomic E-state index is 0.195. The van der Waals surface area contributed by atoms with Crippen molar-refractivity contribution in [1.29, 1.82) is 0 Å². The van der Waals surface area contributed by atoms with Crippen molar-refractivity contribution in [2.24, 2.45) is 4.99 Å². The molecule has 3 fully saturated rings. The zero-order chi connectivity index (χ0) is 20.1. The van der Waals surface area contributed by atoms with Crippen molar-refractivity contribution < 1.29 is 9.53 Å². The zero-order valence-corrected chi connectivity index (χ0v) is 17.3. The first-order chi connectivity index (χ1) is 14.2. The summed E-state index contributed by atoms with van der Waals surface area (Å²) < 4.78 is 5.92. The monoisotopic (exact) mass is 399 g/mol. The molecule has 0 saturated carbocycles. The highest BCUT2D eigenvalue weighted by Gasteiger charge is 2.41. The van der Waals surface area contributed by atoms with E-state index >= 15 is 0 Å². The van der Waals surface area contributed by atoms with Gasteiger partial charge in [-0.05, 0) is 38.3 Å². The van der Waals surface area contributed by atoms with E-state index in [0.717, 1.165) is 51.5 Å². The van der Waals surface area contributed by atoms with Crippen molar-refractivity contribution in [2.45, 2.75) is 50.9 Å². The summed E-state index contributed by atoms with van der Waals surface area (Å²) in [6, 6.07) is 10.7. The van der Waals surface area contributed by atoms with Gasteiger partial charge in [0.25, 0.3) is 0 Å². The Hall–Kier alpha value is -2.28. The molecule has 7 heteroatoms. The van der Waals surface area contributed by atoms with Gasteiger partial charge in [-0.25, -0.2) is 0 Å². The fourth-order valence-corrected chi connectivity index (χ4v) is 4.56. The van der Waals surface area contributed by atoms with E-state index in [4.69, 9.17) is 4.74 Å². The summed E-state index contributed by atoms with van der Waals surface area (Å²) in [5.74, 6) is 0.996. The number of amides is 1. The Bertz CT molecular complexity index is 702. The summed E-state index contributed by atoms with van der Waals surface area (Å²) in [5, 5.41) is 6.81. The van der Waals surface area contributed by atoms with Crippen molar-refractivity contribution in [3.63, 3.8) is 0 Å². The molecule has 2 bridgehead atoms. The van der Waals surface area contributed by atoms with Crippen LogP contribution in [0.3, 0.4) is 0 Å². The van der Waals surface area contributed by atoms with E-state index in [-0.39, 0.29) is 5.91 Å². The lowest BCUT2D eigenvalue weighted by Gasteiger charge is -2.36. The molecule has 4 rings (SSSR count). The third-order valence-corrected chi connectivity index (χ3v) is 6.12. The molecule has 3 saturated heterocycles. The first-order valence-corrected chi connectivity index (χ1v) is 11.0. The number of para-hydroxylation sites is 1. The summed E-state index contributed by atoms with van der Waals surface area (Å²) in [6.45, 7) is 6.70. The Morgan fingerprint density at radius 3 is 2.62 bits per heavy atom. The van der Waals surface area contributed by atoms with Gasteiger partial charge in [0.15, 0.2) is 5.96 Å². The molecule has 0 spiro atoms. The van der Waals surface area contributed by atoms with E-state index in [9.17, 15) is 4.79 Å². The summed E-state index contributed by atoms with van der Waals surface area (Å²) in [4.78, 5) is 21.6. The molecule has 3 atom stereocenters. The summed E-state index contributed by atoms with van der Waals surface area (Å²) in [7, 11) is 0. The van der Waals surface area contributed by atoms with Crippen LogP contribution in [0.2, 0.25) is 0 Å². The number of carbonyl (C=O) groups is 1. The van der Waals surface area contributed by atoms with Crippen LogP contribution >= 0.6 is 0 Å². The first kappa shape index (κ1) is 20.0. The number of anilines is 1. The Kier molecular flexibility index (Phi) is 6.54. The number of guanidine groups is 1. The van der Waals surface area contributed by atoms with Crippen LogP contribution in [-0.2, 0) is 9.53 Å². The predicted octanol–water partition coefficient (Wildman–Crippen LogP) is 1.60. The van der Waals surface area contributed by atoms with Gasteiger partial charge in [0.2, 0.25) is 5.91 Å². The molecule has 3 heterocycles. The van der Waals surface area contributed by atoms with Gasteiger partial charge >= 0.3 is 0 Å². The fourth-order valence-electron chi connectivity index (χ4n) is 4.56. The number of nitrogens with one attached hydrogen (secondary N) is 2. The maximum atomic E-state index is 12.6. The maximum absolute atomic E-state index is 12.6. The number of piperazine rings is 1.